The van der Waals surface area contributed by atoms with Crippen LogP contribution in [0, 0.1) is 5.41 Å². The van der Waals surface area contributed by atoms with Crippen molar-refractivity contribution in [1.82, 2.24) is 0 Å². The van der Waals surface area contributed by atoms with Gasteiger partial charge in [0.25, 0.3) is 0 Å². The predicted molar refractivity (Wildman–Crippen MR) is 203 cm³/mol. The number of benzene rings is 2. The molecule has 0 radical (unpaired) electrons. The van der Waals surface area contributed by atoms with E-state index in [9.17, 15) is 34.9 Å². The third-order valence-corrected chi connectivity index (χ3v) is 8.99. The molecule has 0 unspecified atom stereocenters. The first-order valence-corrected chi connectivity index (χ1v) is 19.1. The summed E-state index contributed by atoms with van der Waals surface area (Å²) in [7, 11) is 0. The molecule has 0 spiro atoms. The number of azide groups is 1. The normalized spacial score (nSPS) is 27.0. The number of hydrogen-bond donors (Lipinski definition) is 3. The summed E-state index contributed by atoms with van der Waals surface area (Å²) in [5.74, 6) is -3.78. The molecule has 0 amide bonds. The molecule has 2 aliphatic heterocycles. The Morgan fingerprint density at radius 3 is 1.97 bits per heavy atom. The highest BCUT2D eigenvalue weighted by Gasteiger charge is 2.57. The Morgan fingerprint density at radius 2 is 1.42 bits per heavy atom. The molecule has 4 rings (SSSR count). The largest absolute Gasteiger partial charge is 0.481 e. The van der Waals surface area contributed by atoms with Gasteiger partial charge >= 0.3 is 23.9 Å². The van der Waals surface area contributed by atoms with Crippen LogP contribution < -0.4 is 0 Å². The van der Waals surface area contributed by atoms with Gasteiger partial charge in [-0.05, 0) is 51.3 Å². The van der Waals surface area contributed by atoms with Gasteiger partial charge in [0.05, 0.1) is 50.3 Å². The summed E-state index contributed by atoms with van der Waals surface area (Å²) in [4.78, 5) is 53.4. The number of aliphatic hydroxyl groups excluding tert-OH is 2. The highest BCUT2D eigenvalue weighted by atomic mass is 16.8. The molecule has 0 aliphatic carbocycles. The van der Waals surface area contributed by atoms with E-state index in [2.05, 4.69) is 10.0 Å². The summed E-state index contributed by atoms with van der Waals surface area (Å²) in [6.45, 7) is 6.48. The highest BCUT2D eigenvalue weighted by Crippen LogP contribution is 2.36. The smallest absolute Gasteiger partial charge is 0.338 e. The summed E-state index contributed by atoms with van der Waals surface area (Å²) < 4.78 is 53.9. The maximum atomic E-state index is 14.1. The SMILES string of the molecule is CC(C)O[C@@H]1O[C@@H](C(=O)OCCOC(=O)CCC(=O)O)[C@@H](O[C@H]2O[C@H](CO)[C@@H](O)[C@H](OCc3ccccc3)[C@H]2N=[N+]=[N-])[C@H](OCc2ccccc2)[C@H]1OC(=O)C(C)(C)C. The van der Waals surface area contributed by atoms with E-state index in [1.54, 1.807) is 89.2 Å². The summed E-state index contributed by atoms with van der Waals surface area (Å²) in [6, 6.07) is 16.4. The van der Waals surface area contributed by atoms with Gasteiger partial charge in [-0.25, -0.2) is 4.79 Å². The molecular weight excluding hydrogens is 778 g/mol. The molecule has 10 atom stereocenters. The lowest BCUT2D eigenvalue weighted by atomic mass is 9.94. The Labute approximate surface area is 341 Å². The third kappa shape index (κ3) is 13.9. The number of carbonyl (C=O) groups is 4. The van der Waals surface area contributed by atoms with Crippen molar-refractivity contribution >= 4 is 23.9 Å². The Hall–Kier alpha value is -4.69. The summed E-state index contributed by atoms with van der Waals surface area (Å²) in [5.41, 5.74) is 10.1. The lowest BCUT2D eigenvalue weighted by molar-refractivity contribution is -0.351. The number of aliphatic hydroxyl groups is 2. The monoisotopic (exact) mass is 831 g/mol. The first-order chi connectivity index (χ1) is 28.1. The number of esters is 3. The number of rotatable bonds is 20. The van der Waals surface area contributed by atoms with Crippen LogP contribution in [0.2, 0.25) is 0 Å². The minimum atomic E-state index is -1.76. The van der Waals surface area contributed by atoms with Crippen LogP contribution in [0.3, 0.4) is 0 Å². The number of nitrogens with zero attached hydrogens (tertiary/aromatic N) is 3. The maximum absolute atomic E-state index is 14.1. The van der Waals surface area contributed by atoms with Crippen LogP contribution in [-0.2, 0) is 75.0 Å². The quantitative estimate of drug-likeness (QED) is 0.0431. The van der Waals surface area contributed by atoms with Gasteiger partial charge in [0, 0.05) is 4.91 Å². The number of hydrogen-bond acceptors (Lipinski definition) is 16. The Kier molecular flexibility index (Phi) is 18.0. The molecule has 0 bridgehead atoms. The van der Waals surface area contributed by atoms with E-state index in [4.69, 9.17) is 47.7 Å². The van der Waals surface area contributed by atoms with E-state index in [0.29, 0.717) is 11.1 Å². The summed E-state index contributed by atoms with van der Waals surface area (Å²) in [5, 5.41) is 34.3. The van der Waals surface area contributed by atoms with Gasteiger partial charge in [0.1, 0.15) is 43.7 Å². The Balaban J connectivity index is 1.76. The average molecular weight is 832 g/mol. The molecule has 0 saturated carbocycles. The second-order valence-corrected chi connectivity index (χ2v) is 15.0. The van der Waals surface area contributed by atoms with Crippen LogP contribution in [-0.4, -0.2) is 126 Å². The fourth-order valence-electron chi connectivity index (χ4n) is 6.03. The zero-order valence-electron chi connectivity index (χ0n) is 33.6. The number of carboxylic acid groups (broad SMARTS) is 1. The van der Waals surface area contributed by atoms with Crippen LogP contribution in [0.5, 0.6) is 0 Å². The lowest BCUT2D eigenvalue weighted by Crippen LogP contribution is -2.66. The molecule has 3 N–H and O–H groups in total. The second kappa shape index (κ2) is 22.6. The van der Waals surface area contributed by atoms with E-state index < -0.39 is 129 Å². The van der Waals surface area contributed by atoms with Gasteiger partial charge in [-0.3, -0.25) is 14.4 Å². The fraction of sp³-hybridized carbons (Fsp3) is 0.600. The van der Waals surface area contributed by atoms with Crippen molar-refractivity contribution in [2.24, 2.45) is 10.5 Å². The van der Waals surface area contributed by atoms with Gasteiger partial charge in [-0.1, -0.05) is 65.8 Å². The first-order valence-electron chi connectivity index (χ1n) is 19.1. The molecule has 2 aliphatic rings. The van der Waals surface area contributed by atoms with E-state index in [1.807, 2.05) is 6.07 Å². The van der Waals surface area contributed by atoms with Crippen LogP contribution >= 0.6 is 0 Å². The van der Waals surface area contributed by atoms with Crippen LogP contribution in [0.25, 0.3) is 10.4 Å². The van der Waals surface area contributed by atoms with Gasteiger partial charge in [-0.2, -0.15) is 0 Å². The van der Waals surface area contributed by atoms with Crippen molar-refractivity contribution in [3.63, 3.8) is 0 Å². The van der Waals surface area contributed by atoms with E-state index in [-0.39, 0.29) is 13.2 Å². The fourth-order valence-corrected chi connectivity index (χ4v) is 6.03. The predicted octanol–water partition coefficient (Wildman–Crippen LogP) is 3.36. The van der Waals surface area contributed by atoms with Crippen LogP contribution in [0.1, 0.15) is 58.6 Å². The number of carbonyl (C=O) groups excluding carboxylic acids is 3. The minimum absolute atomic E-state index is 0.0465. The molecule has 19 heteroatoms. The van der Waals surface area contributed by atoms with Gasteiger partial charge in [0.2, 0.25) is 0 Å². The van der Waals surface area contributed by atoms with Gasteiger partial charge in [0.15, 0.2) is 24.8 Å². The highest BCUT2D eigenvalue weighted by molar-refractivity contribution is 5.77. The Morgan fingerprint density at radius 1 is 0.831 bits per heavy atom. The van der Waals surface area contributed by atoms with Crippen molar-refractivity contribution in [2.45, 2.75) is 128 Å². The maximum Gasteiger partial charge on any atom is 0.338 e. The first kappa shape index (κ1) is 47.0. The number of carboxylic acids is 1. The molecule has 2 aromatic rings. The lowest BCUT2D eigenvalue weighted by Gasteiger charge is -2.48. The summed E-state index contributed by atoms with van der Waals surface area (Å²) in [6.07, 6.45) is -14.9. The zero-order chi connectivity index (χ0) is 43.1. The summed E-state index contributed by atoms with van der Waals surface area (Å²) >= 11 is 0. The van der Waals surface area contributed by atoms with Crippen molar-refractivity contribution < 1.29 is 77.1 Å². The average Bonchev–Trinajstić information content (AvgIpc) is 3.20. The molecule has 0 aromatic heterocycles. The molecular formula is C40H53N3O16. The minimum Gasteiger partial charge on any atom is -0.481 e. The van der Waals surface area contributed by atoms with E-state index in [1.165, 1.54) is 0 Å². The molecule has 19 nitrogen and oxygen atoms in total. The zero-order valence-corrected chi connectivity index (χ0v) is 33.6. The van der Waals surface area contributed by atoms with Crippen molar-refractivity contribution in [1.29, 1.82) is 0 Å². The van der Waals surface area contributed by atoms with Gasteiger partial charge in [-0.15, -0.1) is 0 Å². The second-order valence-electron chi connectivity index (χ2n) is 15.0. The van der Waals surface area contributed by atoms with Crippen molar-refractivity contribution in [3.05, 3.63) is 82.2 Å². The Bertz CT molecular complexity index is 1700. The van der Waals surface area contributed by atoms with Crippen LogP contribution in [0.15, 0.2) is 65.8 Å². The van der Waals surface area contributed by atoms with E-state index >= 15 is 0 Å². The molecule has 2 heterocycles. The standard InChI is InChI=1S/C40H53N3O16/c1-23(2)55-38-35(59-39(50)40(3,4)5)32(54-22-25-14-10-7-11-15-25)33(34(58-38)36(49)52-19-18-51-28(47)17-16-27(45)46)57-37-29(42-43-41)31(30(48)26(20-44)56-37)53-21-24-12-8-6-9-13-24/h6-15,23,26,29-35,37-38,44,48H,16-22H2,1-5H3,(H,45,46)/t26-,29-,30-,31-,32+,33+,34-,35-,37-,38-/m1/s1. The van der Waals surface area contributed by atoms with E-state index in [0.717, 1.165) is 0 Å². The molecule has 59 heavy (non-hydrogen) atoms. The molecule has 324 valence electrons. The topological polar surface area (TPSA) is 261 Å². The molecule has 2 saturated heterocycles. The number of aliphatic carboxylic acids is 1. The van der Waals surface area contributed by atoms with Crippen molar-refractivity contribution in [2.75, 3.05) is 19.8 Å². The van der Waals surface area contributed by atoms with Gasteiger partial charge < -0.3 is 58.0 Å². The van der Waals surface area contributed by atoms with Crippen molar-refractivity contribution in [3.8, 4) is 0 Å². The molecule has 2 fully saturated rings. The number of ether oxygens (including phenoxy) is 9. The third-order valence-electron chi connectivity index (χ3n) is 8.99. The van der Waals surface area contributed by atoms with Crippen LogP contribution in [0.4, 0.5) is 0 Å². The molecule has 2 aromatic carbocycles.